The Balaban J connectivity index is 2.21. The molecule has 0 aliphatic rings. The van der Waals surface area contributed by atoms with Crippen LogP contribution in [0.15, 0.2) is 41.3 Å². The van der Waals surface area contributed by atoms with Crippen molar-refractivity contribution in [3.63, 3.8) is 0 Å². The van der Waals surface area contributed by atoms with E-state index in [2.05, 4.69) is 10.0 Å². The van der Waals surface area contributed by atoms with Gasteiger partial charge in [-0.1, -0.05) is 6.07 Å². The first-order valence-corrected chi connectivity index (χ1v) is 9.84. The summed E-state index contributed by atoms with van der Waals surface area (Å²) >= 11 is 1.09. The lowest BCUT2D eigenvalue weighted by Crippen LogP contribution is -2.40. The van der Waals surface area contributed by atoms with Gasteiger partial charge in [-0.25, -0.2) is 13.1 Å². The number of carbonyl (C=O) groups excluding carboxylic acids is 2. The average Bonchev–Trinajstić information content (AvgIpc) is 2.95. The van der Waals surface area contributed by atoms with Gasteiger partial charge in [0.15, 0.2) is 5.78 Å². The van der Waals surface area contributed by atoms with E-state index in [1.165, 1.54) is 19.1 Å². The lowest BCUT2D eigenvalue weighted by atomic mass is 10.1. The molecule has 1 heterocycles. The summed E-state index contributed by atoms with van der Waals surface area (Å²) in [5, 5.41) is 2.65. The van der Waals surface area contributed by atoms with Crippen molar-refractivity contribution < 1.29 is 18.0 Å². The summed E-state index contributed by atoms with van der Waals surface area (Å²) in [6.07, 6.45) is 0. The predicted octanol–water partition coefficient (Wildman–Crippen LogP) is 3.28. The normalized spacial score (nSPS) is 12.0. The standard InChI is InChI=1S/C17H20N2O4S2/c1-11(20)14-8-9-15(24-14)16(21)18-12-6-5-7-13(10-12)25(22,23)19-17(2,3)4/h5-10,19H,1-4H3,(H,18,21). The van der Waals surface area contributed by atoms with E-state index in [4.69, 9.17) is 0 Å². The first kappa shape index (κ1) is 19.3. The van der Waals surface area contributed by atoms with Gasteiger partial charge < -0.3 is 5.32 Å². The molecule has 1 amide bonds. The van der Waals surface area contributed by atoms with Crippen molar-refractivity contribution in [3.8, 4) is 0 Å². The second-order valence-electron chi connectivity index (χ2n) is 6.56. The molecule has 2 rings (SSSR count). The highest BCUT2D eigenvalue weighted by molar-refractivity contribution is 7.89. The molecule has 0 atom stereocenters. The zero-order chi connectivity index (χ0) is 18.8. The van der Waals surface area contributed by atoms with E-state index >= 15 is 0 Å². The highest BCUT2D eigenvalue weighted by Crippen LogP contribution is 2.21. The third kappa shape index (κ3) is 5.22. The number of benzene rings is 1. The highest BCUT2D eigenvalue weighted by Gasteiger charge is 2.22. The number of thiophene rings is 1. The van der Waals surface area contributed by atoms with E-state index in [0.29, 0.717) is 15.4 Å². The quantitative estimate of drug-likeness (QED) is 0.779. The van der Waals surface area contributed by atoms with E-state index < -0.39 is 21.5 Å². The summed E-state index contributed by atoms with van der Waals surface area (Å²) < 4.78 is 27.3. The molecule has 0 saturated carbocycles. The molecule has 0 spiro atoms. The Hall–Kier alpha value is -2.03. The van der Waals surface area contributed by atoms with E-state index in [1.807, 2.05) is 0 Å². The molecule has 25 heavy (non-hydrogen) atoms. The summed E-state index contributed by atoms with van der Waals surface area (Å²) in [4.78, 5) is 24.5. The number of Topliss-reactive ketones (excluding diaryl/α,β-unsaturated/α-hetero) is 1. The summed E-state index contributed by atoms with van der Waals surface area (Å²) in [6.45, 7) is 6.68. The number of rotatable bonds is 5. The van der Waals surface area contributed by atoms with Gasteiger partial charge in [0.05, 0.1) is 14.6 Å². The fraction of sp³-hybridized carbons (Fsp3) is 0.294. The topological polar surface area (TPSA) is 92.3 Å². The van der Waals surface area contributed by atoms with Crippen LogP contribution in [0.4, 0.5) is 5.69 Å². The Bertz CT molecular complexity index is 909. The van der Waals surface area contributed by atoms with Crippen molar-refractivity contribution in [2.45, 2.75) is 38.1 Å². The number of carbonyl (C=O) groups is 2. The van der Waals surface area contributed by atoms with E-state index in [0.717, 1.165) is 11.3 Å². The van der Waals surface area contributed by atoms with Crippen LogP contribution in [0.2, 0.25) is 0 Å². The molecular formula is C17H20N2O4S2. The largest absolute Gasteiger partial charge is 0.321 e. The molecule has 1 aromatic carbocycles. The molecule has 0 saturated heterocycles. The van der Waals surface area contributed by atoms with Crippen LogP contribution in [0.3, 0.4) is 0 Å². The zero-order valence-corrected chi connectivity index (χ0v) is 16.0. The van der Waals surface area contributed by atoms with Crippen molar-refractivity contribution in [1.29, 1.82) is 0 Å². The third-order valence-electron chi connectivity index (χ3n) is 3.02. The van der Waals surface area contributed by atoms with Gasteiger partial charge in [-0.05, 0) is 58.0 Å². The number of anilines is 1. The average molecular weight is 380 g/mol. The van der Waals surface area contributed by atoms with Crippen LogP contribution in [-0.4, -0.2) is 25.6 Å². The molecule has 0 bridgehead atoms. The minimum absolute atomic E-state index is 0.0656. The molecule has 0 fully saturated rings. The summed E-state index contributed by atoms with van der Waals surface area (Å²) in [5.41, 5.74) is -0.252. The fourth-order valence-electron chi connectivity index (χ4n) is 2.04. The van der Waals surface area contributed by atoms with Crippen LogP contribution in [-0.2, 0) is 10.0 Å². The summed E-state index contributed by atoms with van der Waals surface area (Å²) in [7, 11) is -3.69. The maximum atomic E-state index is 12.4. The second-order valence-corrected chi connectivity index (χ2v) is 9.32. The maximum Gasteiger partial charge on any atom is 0.265 e. The molecule has 8 heteroatoms. The minimum atomic E-state index is -3.69. The summed E-state index contributed by atoms with van der Waals surface area (Å²) in [5.74, 6) is -0.499. The van der Waals surface area contributed by atoms with Crippen molar-refractivity contribution in [3.05, 3.63) is 46.2 Å². The van der Waals surface area contributed by atoms with E-state index in [-0.39, 0.29) is 10.7 Å². The minimum Gasteiger partial charge on any atom is -0.321 e. The molecule has 2 aromatic rings. The number of ketones is 1. The second kappa shape index (κ2) is 7.07. The highest BCUT2D eigenvalue weighted by atomic mass is 32.2. The third-order valence-corrected chi connectivity index (χ3v) is 5.96. The molecule has 2 N–H and O–H groups in total. The molecule has 0 aliphatic heterocycles. The van der Waals surface area contributed by atoms with Crippen LogP contribution in [0.5, 0.6) is 0 Å². The lowest BCUT2D eigenvalue weighted by Gasteiger charge is -2.20. The van der Waals surface area contributed by atoms with Crippen LogP contribution in [0, 0.1) is 0 Å². The predicted molar refractivity (Wildman–Crippen MR) is 98.8 cm³/mol. The SMILES string of the molecule is CC(=O)c1ccc(C(=O)Nc2cccc(S(=O)(=O)NC(C)(C)C)c2)s1. The van der Waals surface area contributed by atoms with Crippen molar-refractivity contribution in [1.82, 2.24) is 4.72 Å². The first-order valence-electron chi connectivity index (χ1n) is 7.54. The van der Waals surface area contributed by atoms with Crippen LogP contribution < -0.4 is 10.0 Å². The van der Waals surface area contributed by atoms with Crippen molar-refractivity contribution in [2.24, 2.45) is 0 Å². The Morgan fingerprint density at radius 3 is 2.24 bits per heavy atom. The number of hydrogen-bond donors (Lipinski definition) is 2. The molecule has 0 aliphatic carbocycles. The molecule has 6 nitrogen and oxygen atoms in total. The monoisotopic (exact) mass is 380 g/mol. The van der Waals surface area contributed by atoms with Crippen molar-refractivity contribution in [2.75, 3.05) is 5.32 Å². The van der Waals surface area contributed by atoms with E-state index in [1.54, 1.807) is 45.0 Å². The Morgan fingerprint density at radius 2 is 1.68 bits per heavy atom. The van der Waals surface area contributed by atoms with Gasteiger partial charge in [0.2, 0.25) is 10.0 Å². The number of hydrogen-bond acceptors (Lipinski definition) is 5. The molecule has 0 unspecified atom stereocenters. The van der Waals surface area contributed by atoms with Gasteiger partial charge in [0.1, 0.15) is 0 Å². The van der Waals surface area contributed by atoms with Gasteiger partial charge >= 0.3 is 0 Å². The molecule has 1 aromatic heterocycles. The Labute approximate surface area is 151 Å². The molecular weight excluding hydrogens is 360 g/mol. The number of sulfonamides is 1. The van der Waals surface area contributed by atoms with E-state index in [9.17, 15) is 18.0 Å². The van der Waals surface area contributed by atoms with Gasteiger partial charge in [-0.15, -0.1) is 11.3 Å². The zero-order valence-electron chi connectivity index (χ0n) is 14.4. The summed E-state index contributed by atoms with van der Waals surface area (Å²) in [6, 6.07) is 9.18. The van der Waals surface area contributed by atoms with Crippen LogP contribution in [0.25, 0.3) is 0 Å². The first-order chi connectivity index (χ1) is 11.5. The molecule has 0 radical (unpaired) electrons. The van der Waals surface area contributed by atoms with Crippen LogP contribution in [0.1, 0.15) is 47.0 Å². The lowest BCUT2D eigenvalue weighted by molar-refractivity contribution is 0.101. The van der Waals surface area contributed by atoms with Crippen molar-refractivity contribution >= 4 is 38.7 Å². The maximum absolute atomic E-state index is 12.4. The van der Waals surface area contributed by atoms with Crippen LogP contribution >= 0.6 is 11.3 Å². The van der Waals surface area contributed by atoms with Gasteiger partial charge in [0, 0.05) is 11.2 Å². The van der Waals surface area contributed by atoms with Gasteiger partial charge in [-0.2, -0.15) is 0 Å². The molecule has 134 valence electrons. The smallest absolute Gasteiger partial charge is 0.265 e. The van der Waals surface area contributed by atoms with Gasteiger partial charge in [-0.3, -0.25) is 9.59 Å². The number of nitrogens with one attached hydrogen (secondary N) is 2. The Kier molecular flexibility index (Phi) is 5.46. The number of amides is 1. The fourth-order valence-corrected chi connectivity index (χ4v) is 4.31. The Morgan fingerprint density at radius 1 is 1.04 bits per heavy atom. The van der Waals surface area contributed by atoms with Gasteiger partial charge in [0.25, 0.3) is 5.91 Å².